The minimum atomic E-state index is -0.487. The fraction of sp³-hybridized carbons (Fsp3) is 0.286. The number of fused-ring (bicyclic) bond motifs is 1. The van der Waals surface area contributed by atoms with Crippen LogP contribution in [0.15, 0.2) is 66.2 Å². The molecule has 0 heterocycles. The first kappa shape index (κ1) is 24.5. The van der Waals surface area contributed by atoms with Crippen LogP contribution in [0.1, 0.15) is 43.2 Å². The third-order valence-corrected chi connectivity index (χ3v) is 6.28. The number of rotatable bonds is 11. The summed E-state index contributed by atoms with van der Waals surface area (Å²) >= 11 is 6.46. The summed E-state index contributed by atoms with van der Waals surface area (Å²) in [4.78, 5) is 25.1. The van der Waals surface area contributed by atoms with Crippen LogP contribution in [0.4, 0.5) is 0 Å². The molecule has 0 saturated heterocycles. The Morgan fingerprint density at radius 2 is 1.82 bits per heavy atom. The normalized spacial score (nSPS) is 12.4. The minimum absolute atomic E-state index is 0.190. The number of carbonyl (C=O) groups excluding carboxylic acids is 2. The van der Waals surface area contributed by atoms with E-state index in [-0.39, 0.29) is 11.4 Å². The molecule has 0 saturated carbocycles. The zero-order chi connectivity index (χ0) is 23.8. The number of carbonyl (C=O) groups is 2. The van der Waals surface area contributed by atoms with E-state index in [0.717, 1.165) is 39.8 Å². The van der Waals surface area contributed by atoms with E-state index in [4.69, 9.17) is 21.1 Å². The molecule has 0 radical (unpaired) electrons. The van der Waals surface area contributed by atoms with Gasteiger partial charge >= 0.3 is 0 Å². The Kier molecular flexibility index (Phi) is 8.67. The average molecular weight is 465 g/mol. The van der Waals surface area contributed by atoms with Crippen LogP contribution in [0.5, 0.6) is 11.5 Å². The SMILES string of the molecule is CCC(C(=O)C(C=O)=CCCCc1c(Cl)ccc2ccccc12)c1cccc(OC)c1OC. The highest BCUT2D eigenvalue weighted by atomic mass is 35.5. The van der Waals surface area contributed by atoms with E-state index < -0.39 is 5.92 Å². The Morgan fingerprint density at radius 3 is 2.52 bits per heavy atom. The first-order valence-corrected chi connectivity index (χ1v) is 11.5. The van der Waals surface area contributed by atoms with E-state index in [0.29, 0.717) is 30.6 Å². The third kappa shape index (κ3) is 5.45. The number of allylic oxidation sites excluding steroid dienone is 2. The third-order valence-electron chi connectivity index (χ3n) is 5.92. The molecule has 0 aliphatic rings. The van der Waals surface area contributed by atoms with Crippen LogP contribution in [0, 0.1) is 0 Å². The molecular formula is C28H29ClO4. The van der Waals surface area contributed by atoms with Gasteiger partial charge in [-0.1, -0.05) is 67.1 Å². The van der Waals surface area contributed by atoms with Crippen LogP contribution in [0.25, 0.3) is 10.8 Å². The van der Waals surface area contributed by atoms with Crippen LogP contribution in [-0.2, 0) is 16.0 Å². The first-order valence-electron chi connectivity index (χ1n) is 11.1. The molecule has 0 aromatic heterocycles. The van der Waals surface area contributed by atoms with Crippen molar-refractivity contribution in [3.63, 3.8) is 0 Å². The Bertz CT molecular complexity index is 1170. The van der Waals surface area contributed by atoms with Crippen LogP contribution in [0.3, 0.4) is 0 Å². The topological polar surface area (TPSA) is 52.6 Å². The molecule has 5 heteroatoms. The quantitative estimate of drug-likeness (QED) is 0.104. The maximum absolute atomic E-state index is 13.2. The Hall–Kier alpha value is -3.11. The number of aldehydes is 1. The van der Waals surface area contributed by atoms with Crippen molar-refractivity contribution in [3.8, 4) is 11.5 Å². The van der Waals surface area contributed by atoms with E-state index in [1.165, 1.54) is 0 Å². The van der Waals surface area contributed by atoms with Gasteiger partial charge in [-0.05, 0) is 54.2 Å². The van der Waals surface area contributed by atoms with Gasteiger partial charge in [0, 0.05) is 10.6 Å². The van der Waals surface area contributed by atoms with E-state index in [2.05, 4.69) is 12.1 Å². The molecule has 4 nitrogen and oxygen atoms in total. The van der Waals surface area contributed by atoms with Crippen molar-refractivity contribution in [2.45, 2.75) is 38.5 Å². The fourth-order valence-electron chi connectivity index (χ4n) is 4.24. The van der Waals surface area contributed by atoms with Crippen molar-refractivity contribution in [1.82, 2.24) is 0 Å². The number of halogens is 1. The number of hydrogen-bond donors (Lipinski definition) is 0. The van der Waals surface area contributed by atoms with Gasteiger partial charge in [0.1, 0.15) is 0 Å². The highest BCUT2D eigenvalue weighted by Crippen LogP contribution is 2.38. The lowest BCUT2D eigenvalue weighted by molar-refractivity contribution is -0.118. The molecule has 1 unspecified atom stereocenters. The molecule has 3 rings (SSSR count). The molecule has 0 N–H and O–H groups in total. The largest absolute Gasteiger partial charge is 0.493 e. The second kappa shape index (κ2) is 11.7. The standard InChI is InChI=1S/C28H29ClO4/c1-4-21(24-14-9-15-26(32-2)28(24)33-3)27(31)20(18-30)11-6-8-13-23-22-12-7-5-10-19(22)16-17-25(23)29/h5,7,9-12,14-18,21H,4,6,8,13H2,1-3H3. The monoisotopic (exact) mass is 464 g/mol. The Labute approximate surface area is 200 Å². The summed E-state index contributed by atoms with van der Waals surface area (Å²) in [5.41, 5.74) is 2.00. The molecule has 0 fully saturated rings. The highest BCUT2D eigenvalue weighted by Gasteiger charge is 2.26. The molecule has 0 spiro atoms. The number of benzene rings is 3. The number of para-hydroxylation sites is 1. The van der Waals surface area contributed by atoms with E-state index >= 15 is 0 Å². The van der Waals surface area contributed by atoms with Crippen LogP contribution in [0.2, 0.25) is 5.02 Å². The van der Waals surface area contributed by atoms with Gasteiger partial charge < -0.3 is 9.47 Å². The Balaban J connectivity index is 1.76. The number of Topliss-reactive ketones (excluding diaryl/α,β-unsaturated/α-hetero) is 1. The van der Waals surface area contributed by atoms with Crippen molar-refractivity contribution in [2.75, 3.05) is 14.2 Å². The van der Waals surface area contributed by atoms with Crippen LogP contribution >= 0.6 is 11.6 Å². The zero-order valence-electron chi connectivity index (χ0n) is 19.3. The summed E-state index contributed by atoms with van der Waals surface area (Å²) in [5.74, 6) is 0.391. The summed E-state index contributed by atoms with van der Waals surface area (Å²) in [5, 5.41) is 3.02. The second-order valence-electron chi connectivity index (χ2n) is 7.82. The van der Waals surface area contributed by atoms with Crippen molar-refractivity contribution in [1.29, 1.82) is 0 Å². The fourth-order valence-corrected chi connectivity index (χ4v) is 4.50. The number of ketones is 1. The lowest BCUT2D eigenvalue weighted by Crippen LogP contribution is -2.16. The molecule has 3 aromatic rings. The van der Waals surface area contributed by atoms with Gasteiger partial charge in [0.15, 0.2) is 23.6 Å². The van der Waals surface area contributed by atoms with Crippen molar-refractivity contribution >= 4 is 34.4 Å². The number of unbranched alkanes of at least 4 members (excludes halogenated alkanes) is 1. The summed E-state index contributed by atoms with van der Waals surface area (Å²) in [6, 6.07) is 17.5. The van der Waals surface area contributed by atoms with Crippen molar-refractivity contribution in [2.24, 2.45) is 0 Å². The molecule has 33 heavy (non-hydrogen) atoms. The van der Waals surface area contributed by atoms with Crippen LogP contribution < -0.4 is 9.47 Å². The van der Waals surface area contributed by atoms with Gasteiger partial charge in [-0.25, -0.2) is 0 Å². The van der Waals surface area contributed by atoms with Gasteiger partial charge in [-0.2, -0.15) is 0 Å². The number of ether oxygens (including phenoxy) is 2. The Morgan fingerprint density at radius 1 is 1.03 bits per heavy atom. The molecule has 0 aliphatic heterocycles. The van der Waals surface area contributed by atoms with E-state index in [9.17, 15) is 9.59 Å². The lowest BCUT2D eigenvalue weighted by Gasteiger charge is -2.19. The molecule has 1 atom stereocenters. The van der Waals surface area contributed by atoms with E-state index in [1.54, 1.807) is 26.4 Å². The van der Waals surface area contributed by atoms with Gasteiger partial charge in [0.2, 0.25) is 0 Å². The van der Waals surface area contributed by atoms with Crippen molar-refractivity contribution < 1.29 is 19.1 Å². The summed E-state index contributed by atoms with van der Waals surface area (Å²) in [7, 11) is 3.11. The zero-order valence-corrected chi connectivity index (χ0v) is 20.0. The number of aryl methyl sites for hydroxylation is 1. The van der Waals surface area contributed by atoms with Gasteiger partial charge in [-0.15, -0.1) is 0 Å². The first-order chi connectivity index (χ1) is 16.0. The molecule has 3 aromatic carbocycles. The van der Waals surface area contributed by atoms with Gasteiger partial charge in [-0.3, -0.25) is 9.59 Å². The molecule has 0 amide bonds. The summed E-state index contributed by atoms with van der Waals surface area (Å²) in [6.07, 6.45) is 5.08. The second-order valence-corrected chi connectivity index (χ2v) is 8.23. The average Bonchev–Trinajstić information content (AvgIpc) is 2.85. The lowest BCUT2D eigenvalue weighted by atomic mass is 9.87. The predicted octanol–water partition coefficient (Wildman–Crippen LogP) is 6.72. The predicted molar refractivity (Wildman–Crippen MR) is 134 cm³/mol. The summed E-state index contributed by atoms with van der Waals surface area (Å²) < 4.78 is 10.9. The van der Waals surface area contributed by atoms with Gasteiger partial charge in [0.25, 0.3) is 0 Å². The minimum Gasteiger partial charge on any atom is -0.493 e. The molecular weight excluding hydrogens is 436 g/mol. The molecule has 0 aliphatic carbocycles. The number of methoxy groups -OCH3 is 2. The molecule has 0 bridgehead atoms. The maximum atomic E-state index is 13.2. The molecule has 172 valence electrons. The van der Waals surface area contributed by atoms with Crippen LogP contribution in [-0.4, -0.2) is 26.3 Å². The number of hydrogen-bond acceptors (Lipinski definition) is 4. The smallest absolute Gasteiger partial charge is 0.173 e. The van der Waals surface area contributed by atoms with E-state index in [1.807, 2.05) is 43.3 Å². The highest BCUT2D eigenvalue weighted by molar-refractivity contribution is 6.32. The van der Waals surface area contributed by atoms with Gasteiger partial charge in [0.05, 0.1) is 25.7 Å². The maximum Gasteiger partial charge on any atom is 0.173 e. The van der Waals surface area contributed by atoms with Crippen molar-refractivity contribution in [3.05, 3.63) is 82.4 Å². The summed E-state index contributed by atoms with van der Waals surface area (Å²) in [6.45, 7) is 1.92.